The molecule has 41 heavy (non-hydrogen) atoms. The van der Waals surface area contributed by atoms with Gasteiger partial charge in [0.2, 0.25) is 5.91 Å². The monoisotopic (exact) mass is 555 g/mol. The molecule has 3 aromatic carbocycles. The number of carbonyl (C=O) groups excluding carboxylic acids is 3. The maximum Gasteiger partial charge on any atom is 0.412 e. The molecule has 0 bridgehead atoms. The Hall–Kier alpha value is -4.01. The fourth-order valence-corrected chi connectivity index (χ4v) is 5.23. The maximum absolute atomic E-state index is 13.6. The fraction of sp³-hybridized carbons (Fsp3) is 0.364. The van der Waals surface area contributed by atoms with Crippen molar-refractivity contribution < 1.29 is 23.9 Å². The van der Waals surface area contributed by atoms with Crippen LogP contribution in [0.3, 0.4) is 0 Å². The average Bonchev–Trinajstić information content (AvgIpc) is 3.26. The second-order valence-electron chi connectivity index (χ2n) is 11.5. The van der Waals surface area contributed by atoms with Crippen LogP contribution in [-0.4, -0.2) is 67.7 Å². The minimum Gasteiger partial charge on any atom is -0.444 e. The Bertz CT molecular complexity index is 1420. The number of fused-ring (bicyclic) bond motifs is 1. The van der Waals surface area contributed by atoms with Gasteiger partial charge in [-0.1, -0.05) is 36.4 Å². The topological polar surface area (TPSA) is 88.2 Å². The highest BCUT2D eigenvalue weighted by atomic mass is 16.6. The van der Waals surface area contributed by atoms with Gasteiger partial charge in [-0.2, -0.15) is 0 Å². The van der Waals surface area contributed by atoms with Gasteiger partial charge in [-0.25, -0.2) is 4.79 Å². The highest BCUT2D eigenvalue weighted by Crippen LogP contribution is 2.31. The van der Waals surface area contributed by atoms with E-state index < -0.39 is 11.7 Å². The predicted octanol–water partition coefficient (Wildman–Crippen LogP) is 5.35. The minimum absolute atomic E-state index is 0.0530. The lowest BCUT2D eigenvalue weighted by atomic mass is 9.96. The Morgan fingerprint density at radius 1 is 0.927 bits per heavy atom. The van der Waals surface area contributed by atoms with Crippen molar-refractivity contribution in [3.8, 4) is 11.1 Å². The van der Waals surface area contributed by atoms with Crippen LogP contribution in [-0.2, 0) is 27.1 Å². The highest BCUT2D eigenvalue weighted by Gasteiger charge is 2.28. The van der Waals surface area contributed by atoms with Gasteiger partial charge in [0.25, 0.3) is 0 Å². The highest BCUT2D eigenvalue weighted by molar-refractivity contribution is 6.04. The first kappa shape index (κ1) is 28.5. The summed E-state index contributed by atoms with van der Waals surface area (Å²) in [4.78, 5) is 43.1. The zero-order valence-electron chi connectivity index (χ0n) is 23.9. The Labute approximate surface area is 241 Å². The molecule has 8 heteroatoms. The van der Waals surface area contributed by atoms with Crippen molar-refractivity contribution in [1.29, 1.82) is 0 Å². The van der Waals surface area contributed by atoms with E-state index in [0.717, 1.165) is 55.2 Å². The molecule has 2 aliphatic heterocycles. The zero-order valence-corrected chi connectivity index (χ0v) is 23.9. The van der Waals surface area contributed by atoms with E-state index in [1.165, 1.54) is 0 Å². The van der Waals surface area contributed by atoms with E-state index in [0.29, 0.717) is 23.4 Å². The molecule has 2 amide bonds. The number of anilines is 2. The van der Waals surface area contributed by atoms with E-state index in [1.807, 2.05) is 65.6 Å². The van der Waals surface area contributed by atoms with Crippen LogP contribution in [0.1, 0.15) is 42.3 Å². The number of nitrogens with one attached hydrogen (secondary N) is 1. The molecule has 1 fully saturated rings. The maximum atomic E-state index is 13.6. The number of amides is 2. The van der Waals surface area contributed by atoms with Gasteiger partial charge in [0, 0.05) is 49.5 Å². The summed E-state index contributed by atoms with van der Waals surface area (Å²) in [5.74, 6) is -0.0401. The molecule has 1 N–H and O–H groups in total. The standard InChI is InChI=1S/C33H37N3O5/c1-33(2,3)41-32(39)34-28-11-9-24(23-7-5-4-6-8-23)19-26(28)21-30(37)25-10-12-29-27(20-25)22-31(38)36(29)14-13-35-15-17-40-18-16-35/h4-12,19-20H,13-18,21-22H2,1-3H3,(H,34,39). The molecule has 8 nitrogen and oxygen atoms in total. The molecule has 0 spiro atoms. The second-order valence-corrected chi connectivity index (χ2v) is 11.5. The number of Topliss-reactive ketones (excluding diaryl/α,β-unsaturated/α-hetero) is 1. The number of benzene rings is 3. The van der Waals surface area contributed by atoms with E-state index in [2.05, 4.69) is 10.2 Å². The number of rotatable bonds is 8. The van der Waals surface area contributed by atoms with Crippen molar-refractivity contribution in [3.05, 3.63) is 83.4 Å². The SMILES string of the molecule is CC(C)(C)OC(=O)Nc1ccc(-c2ccccc2)cc1CC(=O)c1ccc2c(c1)CC(=O)N2CCN1CCOCC1. The van der Waals surface area contributed by atoms with Crippen molar-refractivity contribution in [2.45, 2.75) is 39.2 Å². The summed E-state index contributed by atoms with van der Waals surface area (Å²) in [6.07, 6.45) is -0.208. The van der Waals surface area contributed by atoms with Crippen molar-refractivity contribution in [2.75, 3.05) is 49.6 Å². The number of morpholine rings is 1. The normalized spacial score (nSPS) is 15.5. The van der Waals surface area contributed by atoms with Crippen LogP contribution in [0.15, 0.2) is 66.7 Å². The summed E-state index contributed by atoms with van der Waals surface area (Å²) in [6, 6.07) is 21.1. The lowest BCUT2D eigenvalue weighted by Crippen LogP contribution is -2.42. The van der Waals surface area contributed by atoms with Gasteiger partial charge >= 0.3 is 6.09 Å². The summed E-state index contributed by atoms with van der Waals surface area (Å²) in [5.41, 5.74) is 4.80. The van der Waals surface area contributed by atoms with Crippen LogP contribution in [0, 0.1) is 0 Å². The molecule has 5 rings (SSSR count). The van der Waals surface area contributed by atoms with Gasteiger partial charge < -0.3 is 14.4 Å². The van der Waals surface area contributed by atoms with E-state index in [1.54, 1.807) is 26.8 Å². The third-order valence-electron chi connectivity index (χ3n) is 7.28. The molecular formula is C33H37N3O5. The molecule has 1 saturated heterocycles. The van der Waals surface area contributed by atoms with E-state index in [4.69, 9.17) is 9.47 Å². The van der Waals surface area contributed by atoms with Gasteiger partial charge in [-0.05, 0) is 73.4 Å². The molecule has 2 heterocycles. The molecule has 2 aliphatic rings. The summed E-state index contributed by atoms with van der Waals surface area (Å²) < 4.78 is 10.9. The number of nitrogens with zero attached hydrogens (tertiary/aromatic N) is 2. The van der Waals surface area contributed by atoms with Crippen LogP contribution in [0.5, 0.6) is 0 Å². The smallest absolute Gasteiger partial charge is 0.412 e. The Morgan fingerprint density at radius 2 is 1.68 bits per heavy atom. The predicted molar refractivity (Wildman–Crippen MR) is 160 cm³/mol. The number of hydrogen-bond acceptors (Lipinski definition) is 6. The first-order valence-corrected chi connectivity index (χ1v) is 14.1. The van der Waals surface area contributed by atoms with Crippen molar-refractivity contribution in [1.82, 2.24) is 4.90 Å². The van der Waals surface area contributed by atoms with Crippen LogP contribution in [0.25, 0.3) is 11.1 Å². The van der Waals surface area contributed by atoms with Crippen LogP contribution >= 0.6 is 0 Å². The number of ether oxygens (including phenoxy) is 2. The summed E-state index contributed by atoms with van der Waals surface area (Å²) in [7, 11) is 0. The van der Waals surface area contributed by atoms with Crippen molar-refractivity contribution in [3.63, 3.8) is 0 Å². The molecule has 0 atom stereocenters. The van der Waals surface area contributed by atoms with Gasteiger partial charge in [0.05, 0.1) is 19.6 Å². The summed E-state index contributed by atoms with van der Waals surface area (Å²) >= 11 is 0. The lowest BCUT2D eigenvalue weighted by molar-refractivity contribution is -0.117. The Kier molecular flexibility index (Phi) is 8.52. The first-order valence-electron chi connectivity index (χ1n) is 14.1. The van der Waals surface area contributed by atoms with Crippen molar-refractivity contribution >= 4 is 29.2 Å². The molecule has 0 aromatic heterocycles. The van der Waals surface area contributed by atoms with Crippen LogP contribution in [0.4, 0.5) is 16.2 Å². The second kappa shape index (κ2) is 12.2. The Balaban J connectivity index is 1.35. The summed E-state index contributed by atoms with van der Waals surface area (Å²) in [5, 5.41) is 2.82. The third kappa shape index (κ3) is 7.20. The van der Waals surface area contributed by atoms with Gasteiger partial charge in [0.15, 0.2) is 5.78 Å². The number of hydrogen-bond donors (Lipinski definition) is 1. The molecule has 0 saturated carbocycles. The molecule has 0 radical (unpaired) electrons. The third-order valence-corrected chi connectivity index (χ3v) is 7.28. The average molecular weight is 556 g/mol. The van der Waals surface area contributed by atoms with Gasteiger partial charge in [0.1, 0.15) is 5.60 Å². The molecule has 3 aromatic rings. The van der Waals surface area contributed by atoms with E-state index in [9.17, 15) is 14.4 Å². The Morgan fingerprint density at radius 3 is 2.41 bits per heavy atom. The minimum atomic E-state index is -0.651. The summed E-state index contributed by atoms with van der Waals surface area (Å²) in [6.45, 7) is 10.0. The largest absolute Gasteiger partial charge is 0.444 e. The molecule has 0 unspecified atom stereocenters. The first-order chi connectivity index (χ1) is 19.7. The molecule has 0 aliphatic carbocycles. The van der Waals surface area contributed by atoms with Crippen LogP contribution in [0.2, 0.25) is 0 Å². The van der Waals surface area contributed by atoms with E-state index in [-0.39, 0.29) is 24.5 Å². The number of carbonyl (C=O) groups is 3. The fourth-order valence-electron chi connectivity index (χ4n) is 5.23. The number of ketones is 1. The lowest BCUT2D eigenvalue weighted by Gasteiger charge is -2.28. The van der Waals surface area contributed by atoms with Crippen molar-refractivity contribution in [2.24, 2.45) is 0 Å². The zero-order chi connectivity index (χ0) is 29.0. The van der Waals surface area contributed by atoms with E-state index >= 15 is 0 Å². The quantitative estimate of drug-likeness (QED) is 0.377. The molecular weight excluding hydrogens is 518 g/mol. The van der Waals surface area contributed by atoms with Crippen LogP contribution < -0.4 is 10.2 Å². The van der Waals surface area contributed by atoms with Gasteiger partial charge in [-0.3, -0.25) is 19.8 Å². The molecule has 214 valence electrons. The van der Waals surface area contributed by atoms with Gasteiger partial charge in [-0.15, -0.1) is 0 Å².